The predicted molar refractivity (Wildman–Crippen MR) is 141 cm³/mol. The van der Waals surface area contributed by atoms with Crippen molar-refractivity contribution in [2.24, 2.45) is 17.8 Å². The highest BCUT2D eigenvalue weighted by Gasteiger charge is 2.39. The van der Waals surface area contributed by atoms with Crippen LogP contribution in [0, 0.1) is 17.8 Å². The van der Waals surface area contributed by atoms with Gasteiger partial charge in [-0.1, -0.05) is 97.9 Å². The van der Waals surface area contributed by atoms with Crippen LogP contribution >= 0.6 is 16.1 Å². The third-order valence-electron chi connectivity index (χ3n) is 8.64. The van der Waals surface area contributed by atoms with E-state index in [9.17, 15) is 4.89 Å². The summed E-state index contributed by atoms with van der Waals surface area (Å²) in [6.07, 6.45) is 18.3. The molecule has 2 unspecified atom stereocenters. The predicted octanol–water partition coefficient (Wildman–Crippen LogP) is 7.93. The van der Waals surface area contributed by atoms with Gasteiger partial charge in [-0.2, -0.15) is 0 Å². The number of hydrogen-bond donors (Lipinski definition) is 1. The van der Waals surface area contributed by atoms with Gasteiger partial charge in [-0.15, -0.1) is 0 Å². The Morgan fingerprint density at radius 1 is 0.774 bits per heavy atom. The molecule has 1 nitrogen and oxygen atoms in total. The average molecular weight is 461 g/mol. The molecule has 3 fully saturated rings. The zero-order valence-corrected chi connectivity index (χ0v) is 22.1. The second-order valence-electron chi connectivity index (χ2n) is 11.2. The summed E-state index contributed by atoms with van der Waals surface area (Å²) in [5, 5.41) is 3.02. The van der Waals surface area contributed by atoms with E-state index in [4.69, 9.17) is 0 Å². The van der Waals surface area contributed by atoms with Crippen molar-refractivity contribution in [3.63, 3.8) is 0 Å². The van der Waals surface area contributed by atoms with Crippen molar-refractivity contribution < 1.29 is 4.89 Å². The van der Waals surface area contributed by atoms with Gasteiger partial charge in [-0.05, 0) is 72.9 Å². The molecule has 174 valence electrons. The fourth-order valence-corrected chi connectivity index (χ4v) is 13.7. The molecule has 0 radical (unpaired) electrons. The van der Waals surface area contributed by atoms with Gasteiger partial charge in [0.05, 0.1) is 8.15 Å². The van der Waals surface area contributed by atoms with E-state index >= 15 is 0 Å². The maximum atomic E-state index is 12.0. The van der Waals surface area contributed by atoms with E-state index in [1.165, 1.54) is 88.8 Å². The number of rotatable bonds is 6. The van der Waals surface area contributed by atoms with Crippen LogP contribution in [0.4, 0.5) is 0 Å². The van der Waals surface area contributed by atoms with Gasteiger partial charge >= 0.3 is 0 Å². The Morgan fingerprint density at radius 3 is 1.87 bits per heavy atom. The van der Waals surface area contributed by atoms with Crippen LogP contribution in [0.5, 0.6) is 0 Å². The van der Waals surface area contributed by atoms with E-state index in [2.05, 4.69) is 45.0 Å². The van der Waals surface area contributed by atoms with E-state index in [-0.39, 0.29) is 7.92 Å². The van der Waals surface area contributed by atoms with Crippen LogP contribution in [0.15, 0.2) is 24.3 Å². The largest absolute Gasteiger partial charge is 0.369 e. The van der Waals surface area contributed by atoms with Crippen molar-refractivity contribution >= 4 is 26.7 Å². The molecule has 0 bridgehead atoms. The molecule has 1 aromatic rings. The average Bonchev–Trinajstić information content (AvgIpc) is 2.80. The highest BCUT2D eigenvalue weighted by Crippen LogP contribution is 2.57. The van der Waals surface area contributed by atoms with Crippen molar-refractivity contribution in [3.8, 4) is 0 Å². The van der Waals surface area contributed by atoms with Gasteiger partial charge in [0.25, 0.3) is 0 Å². The molecular weight excluding hydrogens is 414 g/mol. The lowest BCUT2D eigenvalue weighted by molar-refractivity contribution is 0.236. The Balaban J connectivity index is 1.67. The quantitative estimate of drug-likeness (QED) is 0.427. The lowest BCUT2D eigenvalue weighted by Gasteiger charge is -2.42. The topological polar surface area (TPSA) is 20.2 Å². The van der Waals surface area contributed by atoms with Crippen molar-refractivity contribution in [1.82, 2.24) is 0 Å². The normalized spacial score (nSPS) is 30.1. The molecule has 31 heavy (non-hydrogen) atoms. The van der Waals surface area contributed by atoms with Crippen LogP contribution in [0.25, 0.3) is 0 Å². The highest BCUT2D eigenvalue weighted by molar-refractivity contribution is 7.71. The second kappa shape index (κ2) is 11.4. The van der Waals surface area contributed by atoms with Crippen LogP contribution in [0.2, 0.25) is 0 Å². The molecule has 1 aromatic carbocycles. The Labute approximate surface area is 194 Å². The molecule has 0 amide bonds. The summed E-state index contributed by atoms with van der Waals surface area (Å²) < 4.78 is 0. The van der Waals surface area contributed by atoms with Gasteiger partial charge in [0.1, 0.15) is 0 Å². The van der Waals surface area contributed by atoms with Gasteiger partial charge in [0.15, 0.2) is 0 Å². The lowest BCUT2D eigenvalue weighted by atomic mass is 9.77. The Hall–Kier alpha value is 0.0400. The maximum Gasteiger partial charge on any atom is 0.0604 e. The van der Waals surface area contributed by atoms with E-state index < -0.39 is 8.15 Å². The van der Waals surface area contributed by atoms with Gasteiger partial charge < -0.3 is 4.89 Å². The van der Waals surface area contributed by atoms with Crippen LogP contribution in [0.3, 0.4) is 0 Å². The third-order valence-corrected chi connectivity index (χ3v) is 14.5. The SMILES string of the molecule is CC(C)[C@@H]1CC[C@@H](C)CC1P(O)c1ccccc1P(C1CCCCC1)C1CCCCC1. The molecule has 0 aromatic heterocycles. The van der Waals surface area contributed by atoms with Crippen LogP contribution in [-0.4, -0.2) is 21.9 Å². The Morgan fingerprint density at radius 2 is 1.32 bits per heavy atom. The van der Waals surface area contributed by atoms with Crippen LogP contribution in [0.1, 0.15) is 104 Å². The summed E-state index contributed by atoms with van der Waals surface area (Å²) in [4.78, 5) is 12.0. The molecule has 1 N–H and O–H groups in total. The minimum Gasteiger partial charge on any atom is -0.369 e. The van der Waals surface area contributed by atoms with Gasteiger partial charge in [0, 0.05) is 11.0 Å². The van der Waals surface area contributed by atoms with Crippen molar-refractivity contribution in [2.45, 2.75) is 121 Å². The van der Waals surface area contributed by atoms with E-state index in [1.807, 2.05) is 0 Å². The summed E-state index contributed by atoms with van der Waals surface area (Å²) in [5.74, 6) is 2.14. The summed E-state index contributed by atoms with van der Waals surface area (Å²) in [7, 11) is -1.22. The van der Waals surface area contributed by atoms with Gasteiger partial charge in [0.2, 0.25) is 0 Å². The monoisotopic (exact) mass is 460 g/mol. The standard InChI is InChI=1S/C28H46OP2/c1-21(2)25-19-18-22(3)20-28(25)31(29)27-17-11-10-16-26(27)30(23-12-6-4-7-13-23)24-14-8-5-9-15-24/h10-11,16-17,21-25,28-29H,4-9,12-15,18-20H2,1-3H3/t22-,25+,28?,31?/m1/s1. The molecule has 4 atom stereocenters. The number of hydrogen-bond acceptors (Lipinski definition) is 1. The van der Waals surface area contributed by atoms with Crippen LogP contribution < -0.4 is 10.6 Å². The molecule has 0 saturated heterocycles. The van der Waals surface area contributed by atoms with E-state index in [1.54, 1.807) is 5.30 Å². The molecule has 3 aliphatic rings. The first-order chi connectivity index (χ1) is 15.1. The maximum absolute atomic E-state index is 12.0. The highest BCUT2D eigenvalue weighted by atomic mass is 31.1. The summed E-state index contributed by atoms with van der Waals surface area (Å²) in [6.45, 7) is 7.19. The minimum absolute atomic E-state index is 0.151. The first-order valence-electron chi connectivity index (χ1n) is 13.4. The Bertz CT molecular complexity index is 659. The van der Waals surface area contributed by atoms with E-state index in [0.29, 0.717) is 17.5 Å². The first kappa shape index (κ1) is 24.2. The van der Waals surface area contributed by atoms with E-state index in [0.717, 1.165) is 17.2 Å². The Kier molecular flexibility index (Phi) is 8.93. The lowest BCUT2D eigenvalue weighted by Crippen LogP contribution is -2.37. The van der Waals surface area contributed by atoms with Crippen LogP contribution in [-0.2, 0) is 0 Å². The van der Waals surface area contributed by atoms with Crippen molar-refractivity contribution in [2.75, 3.05) is 0 Å². The summed E-state index contributed by atoms with van der Waals surface area (Å²) >= 11 is 0. The summed E-state index contributed by atoms with van der Waals surface area (Å²) in [6, 6.07) is 9.31. The molecule has 3 saturated carbocycles. The zero-order valence-electron chi connectivity index (χ0n) is 20.3. The molecule has 3 heteroatoms. The smallest absolute Gasteiger partial charge is 0.0604 e. The third kappa shape index (κ3) is 5.76. The molecule has 4 rings (SSSR count). The minimum atomic E-state index is -1.07. The fourth-order valence-electron chi connectivity index (χ4n) is 6.90. The van der Waals surface area contributed by atoms with Crippen molar-refractivity contribution in [1.29, 1.82) is 0 Å². The zero-order chi connectivity index (χ0) is 21.8. The molecule has 3 aliphatic carbocycles. The molecular formula is C28H46OP2. The molecule has 0 aliphatic heterocycles. The molecule has 0 heterocycles. The fraction of sp³-hybridized carbons (Fsp3) is 0.786. The number of benzene rings is 1. The summed E-state index contributed by atoms with van der Waals surface area (Å²) in [5.41, 5.74) is 2.31. The van der Waals surface area contributed by atoms with Gasteiger partial charge in [-0.3, -0.25) is 0 Å². The first-order valence-corrected chi connectivity index (χ1v) is 16.3. The van der Waals surface area contributed by atoms with Crippen molar-refractivity contribution in [3.05, 3.63) is 24.3 Å². The second-order valence-corrected chi connectivity index (χ2v) is 15.8. The molecule has 0 spiro atoms. The van der Waals surface area contributed by atoms with Gasteiger partial charge in [-0.25, -0.2) is 0 Å².